The van der Waals surface area contributed by atoms with Crippen LogP contribution in [0.5, 0.6) is 0 Å². The summed E-state index contributed by atoms with van der Waals surface area (Å²) in [5.74, 6) is 0. The largest absolute Gasteiger partial charge is 0.315 e. The van der Waals surface area contributed by atoms with Crippen LogP contribution in [0.25, 0.3) is 0 Å². The molecule has 2 nitrogen and oxygen atoms in total. The summed E-state index contributed by atoms with van der Waals surface area (Å²) in [5, 5.41) is 4.14. The Kier molecular flexibility index (Phi) is 5.99. The lowest BCUT2D eigenvalue weighted by Gasteiger charge is -2.03. The highest BCUT2D eigenvalue weighted by Gasteiger charge is 1.91. The Morgan fingerprint density at radius 1 is 1.44 bits per heavy atom. The van der Waals surface area contributed by atoms with Crippen molar-refractivity contribution < 1.29 is 0 Å². The lowest BCUT2D eigenvalue weighted by Crippen LogP contribution is -2.28. The molecule has 1 atom stereocenters. The molecule has 0 aliphatic heterocycles. The van der Waals surface area contributed by atoms with Gasteiger partial charge in [0.15, 0.2) is 0 Å². The van der Waals surface area contributed by atoms with Gasteiger partial charge >= 0.3 is 0 Å². The standard InChI is InChI=1S/C7H17N2/c1-3-4-5-6-9-7(2)8/h7H,3-6,8H2,1-2H3. The molecular weight excluding hydrogens is 112 g/mol. The second-order valence-corrected chi connectivity index (χ2v) is 2.35. The van der Waals surface area contributed by atoms with Crippen molar-refractivity contribution >= 4 is 0 Å². The van der Waals surface area contributed by atoms with E-state index in [0.717, 1.165) is 6.54 Å². The first-order chi connectivity index (χ1) is 4.27. The van der Waals surface area contributed by atoms with E-state index < -0.39 is 0 Å². The summed E-state index contributed by atoms with van der Waals surface area (Å²) in [4.78, 5) is 0. The molecule has 1 radical (unpaired) electrons. The van der Waals surface area contributed by atoms with Crippen molar-refractivity contribution in [3.8, 4) is 0 Å². The molecule has 0 bridgehead atoms. The second kappa shape index (κ2) is 6.05. The molecule has 0 aromatic carbocycles. The summed E-state index contributed by atoms with van der Waals surface area (Å²) in [6, 6.07) is 0. The normalized spacial score (nSPS) is 13.7. The molecule has 0 amide bonds. The van der Waals surface area contributed by atoms with Crippen LogP contribution in [-0.2, 0) is 0 Å². The first-order valence-electron chi connectivity index (χ1n) is 3.69. The average molecular weight is 129 g/mol. The second-order valence-electron chi connectivity index (χ2n) is 2.35. The van der Waals surface area contributed by atoms with Crippen molar-refractivity contribution in [1.29, 1.82) is 0 Å². The van der Waals surface area contributed by atoms with Crippen LogP contribution in [0.15, 0.2) is 0 Å². The van der Waals surface area contributed by atoms with Crippen LogP contribution in [0.4, 0.5) is 0 Å². The molecule has 0 aromatic heterocycles. The van der Waals surface area contributed by atoms with Crippen molar-refractivity contribution in [2.24, 2.45) is 5.73 Å². The zero-order valence-corrected chi connectivity index (χ0v) is 6.43. The smallest absolute Gasteiger partial charge is 0.0682 e. The fourth-order valence-electron chi connectivity index (χ4n) is 0.657. The quantitative estimate of drug-likeness (QED) is 0.554. The molecule has 0 spiro atoms. The van der Waals surface area contributed by atoms with Gasteiger partial charge in [-0.2, -0.15) is 0 Å². The third kappa shape index (κ3) is 7.92. The van der Waals surface area contributed by atoms with Crippen LogP contribution in [-0.4, -0.2) is 12.7 Å². The van der Waals surface area contributed by atoms with Gasteiger partial charge in [-0.25, -0.2) is 5.32 Å². The zero-order chi connectivity index (χ0) is 7.11. The molecule has 0 rings (SSSR count). The Bertz CT molecular complexity index is 52.9. The fourth-order valence-corrected chi connectivity index (χ4v) is 0.657. The molecule has 0 fully saturated rings. The van der Waals surface area contributed by atoms with Gasteiger partial charge < -0.3 is 5.73 Å². The van der Waals surface area contributed by atoms with Crippen LogP contribution in [0.3, 0.4) is 0 Å². The van der Waals surface area contributed by atoms with Crippen molar-refractivity contribution in [3.05, 3.63) is 0 Å². The van der Waals surface area contributed by atoms with Crippen LogP contribution in [0.1, 0.15) is 33.1 Å². The summed E-state index contributed by atoms with van der Waals surface area (Å²) in [6.45, 7) is 5.03. The Hall–Kier alpha value is -0.0800. The van der Waals surface area contributed by atoms with E-state index in [1.165, 1.54) is 19.3 Å². The first kappa shape index (κ1) is 8.92. The van der Waals surface area contributed by atoms with E-state index in [1.807, 2.05) is 6.92 Å². The van der Waals surface area contributed by atoms with E-state index >= 15 is 0 Å². The van der Waals surface area contributed by atoms with E-state index in [4.69, 9.17) is 5.73 Å². The molecule has 0 heterocycles. The van der Waals surface area contributed by atoms with E-state index in [9.17, 15) is 0 Å². The zero-order valence-electron chi connectivity index (χ0n) is 6.43. The van der Waals surface area contributed by atoms with Gasteiger partial charge in [0.05, 0.1) is 6.17 Å². The maximum atomic E-state index is 5.41. The number of nitrogens with zero attached hydrogens (tertiary/aromatic N) is 1. The molecule has 55 valence electrons. The number of nitrogens with two attached hydrogens (primary N) is 1. The van der Waals surface area contributed by atoms with Gasteiger partial charge in [0.1, 0.15) is 0 Å². The molecule has 1 unspecified atom stereocenters. The van der Waals surface area contributed by atoms with Crippen molar-refractivity contribution in [3.63, 3.8) is 0 Å². The molecule has 2 heteroatoms. The Balaban J connectivity index is 2.75. The van der Waals surface area contributed by atoms with Crippen LogP contribution >= 0.6 is 0 Å². The first-order valence-corrected chi connectivity index (χ1v) is 3.69. The highest BCUT2D eigenvalue weighted by Crippen LogP contribution is 1.91. The molecule has 0 saturated carbocycles. The summed E-state index contributed by atoms with van der Waals surface area (Å²) in [7, 11) is 0. The lowest BCUT2D eigenvalue weighted by atomic mass is 10.2. The van der Waals surface area contributed by atoms with Crippen LogP contribution < -0.4 is 11.1 Å². The Labute approximate surface area is 57.8 Å². The van der Waals surface area contributed by atoms with Crippen molar-refractivity contribution in [2.45, 2.75) is 39.3 Å². The number of unbranched alkanes of at least 4 members (excludes halogenated alkanes) is 2. The van der Waals surface area contributed by atoms with Gasteiger partial charge in [-0.05, 0) is 13.3 Å². The highest BCUT2D eigenvalue weighted by molar-refractivity contribution is 4.49. The average Bonchev–Trinajstić information content (AvgIpc) is 1.80. The predicted molar refractivity (Wildman–Crippen MR) is 40.2 cm³/mol. The highest BCUT2D eigenvalue weighted by atomic mass is 15.0. The van der Waals surface area contributed by atoms with E-state index in [-0.39, 0.29) is 6.17 Å². The number of rotatable bonds is 5. The summed E-state index contributed by atoms with van der Waals surface area (Å²) < 4.78 is 0. The van der Waals surface area contributed by atoms with Gasteiger partial charge in [0.25, 0.3) is 0 Å². The molecular formula is C7H17N2. The number of hydrogen-bond acceptors (Lipinski definition) is 1. The van der Waals surface area contributed by atoms with Gasteiger partial charge in [-0.3, -0.25) is 0 Å². The van der Waals surface area contributed by atoms with Crippen molar-refractivity contribution in [1.82, 2.24) is 5.32 Å². The summed E-state index contributed by atoms with van der Waals surface area (Å²) in [6.07, 6.45) is 3.75. The maximum Gasteiger partial charge on any atom is 0.0682 e. The molecule has 0 aliphatic carbocycles. The molecule has 9 heavy (non-hydrogen) atoms. The van der Waals surface area contributed by atoms with Gasteiger partial charge in [0, 0.05) is 6.54 Å². The Morgan fingerprint density at radius 3 is 2.56 bits per heavy atom. The molecule has 2 N–H and O–H groups in total. The van der Waals surface area contributed by atoms with Gasteiger partial charge in [0.2, 0.25) is 0 Å². The minimum atomic E-state index is 0.0295. The van der Waals surface area contributed by atoms with Crippen LogP contribution in [0.2, 0.25) is 0 Å². The predicted octanol–water partition coefficient (Wildman–Crippen LogP) is 1.09. The van der Waals surface area contributed by atoms with Crippen LogP contribution in [0, 0.1) is 0 Å². The molecule has 0 aliphatic rings. The minimum absolute atomic E-state index is 0.0295. The lowest BCUT2D eigenvalue weighted by molar-refractivity contribution is 0.528. The molecule has 0 aromatic rings. The molecule has 0 saturated heterocycles. The summed E-state index contributed by atoms with van der Waals surface area (Å²) >= 11 is 0. The van der Waals surface area contributed by atoms with E-state index in [2.05, 4.69) is 12.2 Å². The van der Waals surface area contributed by atoms with Gasteiger partial charge in [-0.1, -0.05) is 19.8 Å². The van der Waals surface area contributed by atoms with E-state index in [0.29, 0.717) is 0 Å². The topological polar surface area (TPSA) is 40.1 Å². The number of hydrogen-bond donors (Lipinski definition) is 1. The fraction of sp³-hybridized carbons (Fsp3) is 1.00. The SMILES string of the molecule is CCCCC[N]C(C)N. The summed E-state index contributed by atoms with van der Waals surface area (Å²) in [5.41, 5.74) is 5.41. The third-order valence-electron chi connectivity index (χ3n) is 1.18. The maximum absolute atomic E-state index is 5.41. The third-order valence-corrected chi connectivity index (χ3v) is 1.18. The van der Waals surface area contributed by atoms with Gasteiger partial charge in [-0.15, -0.1) is 0 Å². The van der Waals surface area contributed by atoms with Crippen molar-refractivity contribution in [2.75, 3.05) is 6.54 Å². The monoisotopic (exact) mass is 129 g/mol. The minimum Gasteiger partial charge on any atom is -0.315 e. The Morgan fingerprint density at radius 2 is 2.11 bits per heavy atom. The van der Waals surface area contributed by atoms with E-state index in [1.54, 1.807) is 0 Å².